The third-order valence-electron chi connectivity index (χ3n) is 1.71. The van der Waals surface area contributed by atoms with E-state index in [9.17, 15) is 4.79 Å². The number of primary amides is 1. The van der Waals surface area contributed by atoms with E-state index in [0.717, 1.165) is 0 Å². The number of amides is 1. The van der Waals surface area contributed by atoms with Crippen LogP contribution in [0.3, 0.4) is 0 Å². The number of rotatable bonds is 5. The summed E-state index contributed by atoms with van der Waals surface area (Å²) >= 11 is 0. The molecule has 0 heterocycles. The molecule has 0 saturated carbocycles. The Balaban J connectivity index is 3.64. The van der Waals surface area contributed by atoms with Crippen molar-refractivity contribution < 1.29 is 9.90 Å². The van der Waals surface area contributed by atoms with Gasteiger partial charge in [-0.1, -0.05) is 13.8 Å². The van der Waals surface area contributed by atoms with Crippen molar-refractivity contribution in [2.45, 2.75) is 20.3 Å². The van der Waals surface area contributed by atoms with E-state index in [2.05, 4.69) is 5.32 Å². The van der Waals surface area contributed by atoms with Crippen molar-refractivity contribution in [2.24, 2.45) is 11.1 Å². The van der Waals surface area contributed by atoms with E-state index in [1.807, 2.05) is 0 Å². The molecule has 0 unspecified atom stereocenters. The van der Waals surface area contributed by atoms with Gasteiger partial charge >= 0.3 is 0 Å². The molecular formula is C7H16N2O2. The molecule has 0 aromatic carbocycles. The zero-order valence-corrected chi connectivity index (χ0v) is 7.05. The van der Waals surface area contributed by atoms with Crippen molar-refractivity contribution >= 4 is 5.91 Å². The van der Waals surface area contributed by atoms with Crippen LogP contribution in [0.1, 0.15) is 20.3 Å². The van der Waals surface area contributed by atoms with Gasteiger partial charge in [0.1, 0.15) is 0 Å². The smallest absolute Gasteiger partial charge is 0.223 e. The first-order valence-corrected chi connectivity index (χ1v) is 3.62. The van der Waals surface area contributed by atoms with Crippen LogP contribution < -0.4 is 11.1 Å². The fourth-order valence-corrected chi connectivity index (χ4v) is 0.603. The molecule has 1 amide bonds. The van der Waals surface area contributed by atoms with Gasteiger partial charge in [0.15, 0.2) is 0 Å². The molecule has 0 aromatic heterocycles. The topological polar surface area (TPSA) is 75.3 Å². The molecule has 0 aliphatic carbocycles. The van der Waals surface area contributed by atoms with E-state index in [0.29, 0.717) is 13.0 Å². The first kappa shape index (κ1) is 10.4. The quantitative estimate of drug-likeness (QED) is 0.372. The lowest BCUT2D eigenvalue weighted by molar-refractivity contribution is -0.126. The Labute approximate surface area is 66.8 Å². The lowest BCUT2D eigenvalue weighted by atomic mass is 9.89. The van der Waals surface area contributed by atoms with E-state index in [1.54, 1.807) is 13.8 Å². The van der Waals surface area contributed by atoms with Crippen molar-refractivity contribution in [1.29, 1.82) is 0 Å². The van der Waals surface area contributed by atoms with E-state index in [-0.39, 0.29) is 12.6 Å². The average molecular weight is 160 g/mol. The number of nitrogens with two attached hydrogens (primary N) is 1. The number of carbonyl (C=O) groups excluding carboxylic acids is 1. The molecule has 0 aliphatic rings. The van der Waals surface area contributed by atoms with E-state index >= 15 is 0 Å². The molecule has 0 rings (SSSR count). The lowest BCUT2D eigenvalue weighted by Gasteiger charge is -2.19. The number of hydrogen-bond donors (Lipinski definition) is 3. The predicted molar refractivity (Wildman–Crippen MR) is 42.7 cm³/mol. The summed E-state index contributed by atoms with van der Waals surface area (Å²) < 4.78 is 0. The van der Waals surface area contributed by atoms with Crippen LogP contribution in [0.15, 0.2) is 0 Å². The van der Waals surface area contributed by atoms with Gasteiger partial charge in [-0.2, -0.15) is 0 Å². The molecule has 0 spiro atoms. The molecule has 4 heteroatoms. The van der Waals surface area contributed by atoms with E-state index < -0.39 is 5.41 Å². The molecule has 0 fully saturated rings. The highest BCUT2D eigenvalue weighted by molar-refractivity contribution is 5.79. The largest absolute Gasteiger partial charge is 0.381 e. The fourth-order valence-electron chi connectivity index (χ4n) is 0.603. The maximum atomic E-state index is 10.7. The third-order valence-corrected chi connectivity index (χ3v) is 1.71. The number of hydrogen-bond acceptors (Lipinski definition) is 3. The normalized spacial score (nSPS) is 11.5. The zero-order chi connectivity index (χ0) is 8.91. The highest BCUT2D eigenvalue weighted by Gasteiger charge is 2.23. The van der Waals surface area contributed by atoms with Crippen molar-refractivity contribution in [3.05, 3.63) is 0 Å². The van der Waals surface area contributed by atoms with Crippen molar-refractivity contribution in [1.82, 2.24) is 5.32 Å². The van der Waals surface area contributed by atoms with Gasteiger partial charge < -0.3 is 10.8 Å². The second kappa shape index (κ2) is 4.31. The molecular weight excluding hydrogens is 144 g/mol. The predicted octanol–water partition coefficient (Wildman–Crippen LogP) is -0.573. The summed E-state index contributed by atoms with van der Waals surface area (Å²) in [7, 11) is 0. The van der Waals surface area contributed by atoms with Gasteiger partial charge in [-0.25, -0.2) is 0 Å². The summed E-state index contributed by atoms with van der Waals surface area (Å²) in [4.78, 5) is 10.7. The monoisotopic (exact) mass is 160 g/mol. The standard InChI is InChI=1S/C7H16N2O2/c1-7(2,6(8)11)3-4-9-5-10/h9-10H,3-5H2,1-2H3,(H2,8,11). The van der Waals surface area contributed by atoms with Crippen molar-refractivity contribution in [3.63, 3.8) is 0 Å². The fraction of sp³-hybridized carbons (Fsp3) is 0.857. The summed E-state index contributed by atoms with van der Waals surface area (Å²) in [5.74, 6) is -0.308. The van der Waals surface area contributed by atoms with E-state index in [4.69, 9.17) is 10.8 Å². The second-order valence-electron chi connectivity index (χ2n) is 3.16. The molecule has 4 nitrogen and oxygen atoms in total. The van der Waals surface area contributed by atoms with Gasteiger partial charge in [0, 0.05) is 5.41 Å². The van der Waals surface area contributed by atoms with Crippen LogP contribution in [0, 0.1) is 5.41 Å². The minimum atomic E-state index is -0.484. The van der Waals surface area contributed by atoms with Crippen molar-refractivity contribution in [2.75, 3.05) is 13.3 Å². The second-order valence-corrected chi connectivity index (χ2v) is 3.16. The minimum absolute atomic E-state index is 0.0607. The number of aliphatic hydroxyl groups is 1. The van der Waals surface area contributed by atoms with Crippen molar-refractivity contribution in [3.8, 4) is 0 Å². The highest BCUT2D eigenvalue weighted by atomic mass is 16.3. The Morgan fingerprint density at radius 1 is 1.64 bits per heavy atom. The van der Waals surface area contributed by atoms with Gasteiger partial charge in [0.25, 0.3) is 0 Å². The average Bonchev–Trinajstić information content (AvgIpc) is 1.88. The van der Waals surface area contributed by atoms with Crippen LogP contribution in [0.5, 0.6) is 0 Å². The molecule has 0 saturated heterocycles. The molecule has 66 valence electrons. The minimum Gasteiger partial charge on any atom is -0.381 e. The summed E-state index contributed by atoms with van der Waals surface area (Å²) in [6, 6.07) is 0. The van der Waals surface area contributed by atoms with E-state index in [1.165, 1.54) is 0 Å². The van der Waals surface area contributed by atoms with Crippen LogP contribution in [-0.2, 0) is 4.79 Å². The van der Waals surface area contributed by atoms with Gasteiger partial charge in [-0.05, 0) is 13.0 Å². The Morgan fingerprint density at radius 2 is 2.18 bits per heavy atom. The van der Waals surface area contributed by atoms with Gasteiger partial charge in [-0.15, -0.1) is 0 Å². The lowest BCUT2D eigenvalue weighted by Crippen LogP contribution is -2.34. The maximum absolute atomic E-state index is 10.7. The van der Waals surface area contributed by atoms with Crippen LogP contribution in [-0.4, -0.2) is 24.3 Å². The maximum Gasteiger partial charge on any atom is 0.223 e. The molecule has 0 bridgehead atoms. The summed E-state index contributed by atoms with van der Waals surface area (Å²) in [6.45, 7) is 4.12. The summed E-state index contributed by atoms with van der Waals surface area (Å²) in [5, 5.41) is 11.1. The van der Waals surface area contributed by atoms with Gasteiger partial charge in [0.2, 0.25) is 5.91 Å². The number of aliphatic hydroxyl groups excluding tert-OH is 1. The Bertz CT molecular complexity index is 134. The van der Waals surface area contributed by atoms with Crippen LogP contribution in [0.25, 0.3) is 0 Å². The molecule has 0 aliphatic heterocycles. The first-order valence-electron chi connectivity index (χ1n) is 3.62. The Morgan fingerprint density at radius 3 is 2.55 bits per heavy atom. The SMILES string of the molecule is CC(C)(CCNCO)C(N)=O. The summed E-state index contributed by atoms with van der Waals surface area (Å²) in [5.41, 5.74) is 4.64. The Kier molecular flexibility index (Phi) is 4.07. The van der Waals surface area contributed by atoms with Gasteiger partial charge in [-0.3, -0.25) is 10.1 Å². The summed E-state index contributed by atoms with van der Waals surface area (Å²) in [6.07, 6.45) is 0.642. The molecule has 0 aromatic rings. The zero-order valence-electron chi connectivity index (χ0n) is 7.05. The van der Waals surface area contributed by atoms with Crippen LogP contribution in [0.2, 0.25) is 0 Å². The Hall–Kier alpha value is -0.610. The highest BCUT2D eigenvalue weighted by Crippen LogP contribution is 2.17. The number of nitrogens with one attached hydrogen (secondary N) is 1. The molecule has 4 N–H and O–H groups in total. The third kappa shape index (κ3) is 3.95. The van der Waals surface area contributed by atoms with Crippen LogP contribution >= 0.6 is 0 Å². The molecule has 0 radical (unpaired) electrons. The molecule has 11 heavy (non-hydrogen) atoms. The molecule has 0 atom stereocenters. The van der Waals surface area contributed by atoms with Gasteiger partial charge in [0.05, 0.1) is 6.73 Å². The van der Waals surface area contributed by atoms with Crippen LogP contribution in [0.4, 0.5) is 0 Å². The number of carbonyl (C=O) groups is 1. The first-order chi connectivity index (χ1) is 5.00.